The number of carbonyl (C=O) groups is 2. The Morgan fingerprint density at radius 1 is 1.04 bits per heavy atom. The lowest BCUT2D eigenvalue weighted by atomic mass is 10.0. The normalized spacial score (nSPS) is 16.0. The van der Waals surface area contributed by atoms with Crippen molar-refractivity contribution in [1.82, 2.24) is 20.1 Å². The van der Waals surface area contributed by atoms with Crippen LogP contribution in [-0.4, -0.2) is 52.8 Å². The molecule has 27 heavy (non-hydrogen) atoms. The lowest BCUT2D eigenvalue weighted by Gasteiger charge is -2.35. The van der Waals surface area contributed by atoms with Gasteiger partial charge in [-0.3, -0.25) is 19.5 Å². The molecule has 1 aliphatic heterocycles. The highest BCUT2D eigenvalue weighted by atomic mass is 16.2. The molecule has 1 aromatic carbocycles. The van der Waals surface area contributed by atoms with Crippen molar-refractivity contribution in [3.05, 3.63) is 66.0 Å². The monoisotopic (exact) mass is 366 g/mol. The fourth-order valence-corrected chi connectivity index (χ4v) is 3.36. The maximum absolute atomic E-state index is 12.8. The molecule has 1 unspecified atom stereocenters. The van der Waals surface area contributed by atoms with E-state index in [0.717, 1.165) is 30.9 Å². The van der Waals surface area contributed by atoms with Gasteiger partial charge in [-0.25, -0.2) is 0 Å². The second kappa shape index (κ2) is 9.28. The summed E-state index contributed by atoms with van der Waals surface area (Å²) in [5.41, 5.74) is 2.00. The van der Waals surface area contributed by atoms with E-state index in [0.29, 0.717) is 13.1 Å². The predicted octanol–water partition coefficient (Wildman–Crippen LogP) is 1.99. The minimum absolute atomic E-state index is 0.0788. The topological polar surface area (TPSA) is 65.5 Å². The predicted molar refractivity (Wildman–Crippen MR) is 104 cm³/mol. The molecular formula is C21H26N4O2. The molecule has 2 heterocycles. The van der Waals surface area contributed by atoms with Crippen LogP contribution in [0.3, 0.4) is 0 Å². The molecule has 0 spiro atoms. The van der Waals surface area contributed by atoms with Crippen LogP contribution in [0.15, 0.2) is 54.7 Å². The Morgan fingerprint density at radius 2 is 1.74 bits per heavy atom. The Hall–Kier alpha value is -2.73. The lowest BCUT2D eigenvalue weighted by molar-refractivity contribution is -0.133. The number of carbonyl (C=O) groups excluding carboxylic acids is 2. The highest BCUT2D eigenvalue weighted by Gasteiger charge is 2.24. The van der Waals surface area contributed by atoms with E-state index in [9.17, 15) is 9.59 Å². The summed E-state index contributed by atoms with van der Waals surface area (Å²) < 4.78 is 0. The Bertz CT molecular complexity index is 743. The maximum Gasteiger partial charge on any atom is 0.225 e. The first-order valence-electron chi connectivity index (χ1n) is 9.34. The zero-order valence-corrected chi connectivity index (χ0v) is 15.7. The molecule has 2 aromatic rings. The molecule has 1 atom stereocenters. The molecule has 6 heteroatoms. The highest BCUT2D eigenvalue weighted by molar-refractivity contribution is 5.79. The third kappa shape index (κ3) is 5.62. The lowest BCUT2D eigenvalue weighted by Crippen LogP contribution is -2.49. The van der Waals surface area contributed by atoms with Crippen LogP contribution >= 0.6 is 0 Å². The molecule has 0 saturated carbocycles. The number of piperazine rings is 1. The van der Waals surface area contributed by atoms with E-state index in [2.05, 4.69) is 15.2 Å². The molecule has 6 nitrogen and oxygen atoms in total. The average molecular weight is 366 g/mol. The molecule has 1 N–H and O–H groups in total. The fraction of sp³-hybridized carbons (Fsp3) is 0.381. The smallest absolute Gasteiger partial charge is 0.225 e. The minimum atomic E-state index is -0.289. The number of aromatic nitrogens is 1. The number of hydrogen-bond donors (Lipinski definition) is 1. The van der Waals surface area contributed by atoms with Crippen molar-refractivity contribution in [2.75, 3.05) is 26.2 Å². The summed E-state index contributed by atoms with van der Waals surface area (Å²) in [4.78, 5) is 32.9. The van der Waals surface area contributed by atoms with Crippen molar-refractivity contribution in [2.45, 2.75) is 25.9 Å². The minimum Gasteiger partial charge on any atom is -0.349 e. The number of amides is 2. The average Bonchev–Trinajstić information content (AvgIpc) is 2.69. The van der Waals surface area contributed by atoms with Gasteiger partial charge in [0.1, 0.15) is 0 Å². The first kappa shape index (κ1) is 19.0. The SMILES string of the molecule is CC(=O)NC(CC(=O)N1CCN(Cc2ccccn2)CC1)c1ccccc1. The summed E-state index contributed by atoms with van der Waals surface area (Å²) in [5.74, 6) is -0.0491. The van der Waals surface area contributed by atoms with Gasteiger partial charge in [-0.15, -0.1) is 0 Å². The Labute approximate surface area is 160 Å². The van der Waals surface area contributed by atoms with Gasteiger partial charge in [0.25, 0.3) is 0 Å². The van der Waals surface area contributed by atoms with Gasteiger partial charge >= 0.3 is 0 Å². The second-order valence-corrected chi connectivity index (χ2v) is 6.85. The van der Waals surface area contributed by atoms with Crippen LogP contribution in [0, 0.1) is 0 Å². The van der Waals surface area contributed by atoms with Gasteiger partial charge in [0.15, 0.2) is 0 Å². The van der Waals surface area contributed by atoms with Gasteiger partial charge in [0, 0.05) is 45.8 Å². The van der Waals surface area contributed by atoms with Crippen molar-refractivity contribution in [1.29, 1.82) is 0 Å². The number of nitrogens with zero attached hydrogens (tertiary/aromatic N) is 3. The Kier molecular flexibility index (Phi) is 6.54. The molecule has 3 rings (SSSR count). The number of benzene rings is 1. The van der Waals surface area contributed by atoms with Gasteiger partial charge in [-0.05, 0) is 17.7 Å². The van der Waals surface area contributed by atoms with Crippen LogP contribution in [0.2, 0.25) is 0 Å². The van der Waals surface area contributed by atoms with Crippen molar-refractivity contribution in [3.63, 3.8) is 0 Å². The molecule has 142 valence electrons. The maximum atomic E-state index is 12.8. The molecular weight excluding hydrogens is 340 g/mol. The third-order valence-corrected chi connectivity index (χ3v) is 4.79. The van der Waals surface area contributed by atoms with E-state index >= 15 is 0 Å². The van der Waals surface area contributed by atoms with Crippen LogP contribution in [-0.2, 0) is 16.1 Å². The molecule has 0 bridgehead atoms. The summed E-state index contributed by atoms with van der Waals surface area (Å²) in [6, 6.07) is 15.3. The van der Waals surface area contributed by atoms with Crippen molar-refractivity contribution >= 4 is 11.8 Å². The summed E-state index contributed by atoms with van der Waals surface area (Å²) >= 11 is 0. The third-order valence-electron chi connectivity index (χ3n) is 4.79. The zero-order chi connectivity index (χ0) is 19.1. The fourth-order valence-electron chi connectivity index (χ4n) is 3.36. The van der Waals surface area contributed by atoms with E-state index in [-0.39, 0.29) is 24.3 Å². The number of pyridine rings is 1. The van der Waals surface area contributed by atoms with Gasteiger partial charge in [0.2, 0.25) is 11.8 Å². The van der Waals surface area contributed by atoms with Crippen molar-refractivity contribution < 1.29 is 9.59 Å². The largest absolute Gasteiger partial charge is 0.349 e. The molecule has 2 amide bonds. The van der Waals surface area contributed by atoms with Crippen LogP contribution in [0.25, 0.3) is 0 Å². The Balaban J connectivity index is 1.54. The zero-order valence-electron chi connectivity index (χ0n) is 15.7. The summed E-state index contributed by atoms with van der Waals surface area (Å²) in [6.45, 7) is 5.36. The van der Waals surface area contributed by atoms with Crippen molar-refractivity contribution in [2.24, 2.45) is 0 Å². The van der Waals surface area contributed by atoms with E-state index in [1.165, 1.54) is 6.92 Å². The number of hydrogen-bond acceptors (Lipinski definition) is 4. The van der Waals surface area contributed by atoms with Crippen LogP contribution in [0.5, 0.6) is 0 Å². The number of nitrogens with one attached hydrogen (secondary N) is 1. The molecule has 0 aliphatic carbocycles. The van der Waals surface area contributed by atoms with Gasteiger partial charge < -0.3 is 10.2 Å². The summed E-state index contributed by atoms with van der Waals surface area (Å²) in [5, 5.41) is 2.90. The van der Waals surface area contributed by atoms with E-state index in [1.54, 1.807) is 6.20 Å². The molecule has 1 aliphatic rings. The Morgan fingerprint density at radius 3 is 2.37 bits per heavy atom. The van der Waals surface area contributed by atoms with Gasteiger partial charge in [0.05, 0.1) is 18.2 Å². The molecule has 1 aromatic heterocycles. The van der Waals surface area contributed by atoms with E-state index < -0.39 is 0 Å². The first-order valence-corrected chi connectivity index (χ1v) is 9.34. The quantitative estimate of drug-likeness (QED) is 0.849. The first-order chi connectivity index (χ1) is 13.1. The van der Waals surface area contributed by atoms with Gasteiger partial charge in [-0.2, -0.15) is 0 Å². The standard InChI is InChI=1S/C21H26N4O2/c1-17(26)23-20(18-7-3-2-4-8-18)15-21(27)25-13-11-24(12-14-25)16-19-9-5-6-10-22-19/h2-10,20H,11-16H2,1H3,(H,23,26). The van der Waals surface area contributed by atoms with E-state index in [1.807, 2.05) is 53.4 Å². The summed E-state index contributed by atoms with van der Waals surface area (Å²) in [7, 11) is 0. The summed E-state index contributed by atoms with van der Waals surface area (Å²) in [6.07, 6.45) is 2.09. The molecule has 0 radical (unpaired) electrons. The van der Waals surface area contributed by atoms with Crippen LogP contribution in [0.4, 0.5) is 0 Å². The molecule has 1 saturated heterocycles. The highest BCUT2D eigenvalue weighted by Crippen LogP contribution is 2.19. The van der Waals surface area contributed by atoms with Crippen LogP contribution < -0.4 is 5.32 Å². The van der Waals surface area contributed by atoms with Crippen molar-refractivity contribution in [3.8, 4) is 0 Å². The van der Waals surface area contributed by atoms with E-state index in [4.69, 9.17) is 0 Å². The molecule has 1 fully saturated rings. The van der Waals surface area contributed by atoms with Gasteiger partial charge in [-0.1, -0.05) is 36.4 Å². The second-order valence-electron chi connectivity index (χ2n) is 6.85. The van der Waals surface area contributed by atoms with Crippen LogP contribution in [0.1, 0.15) is 30.6 Å². The number of rotatable bonds is 6.